The molecule has 1 saturated heterocycles. The largest absolute Gasteiger partial charge is 0.342 e. The molecule has 5 heteroatoms. The van der Waals surface area contributed by atoms with Crippen LogP contribution < -0.4 is 5.32 Å². The van der Waals surface area contributed by atoms with Crippen LogP contribution in [0.2, 0.25) is 0 Å². The first-order valence-corrected chi connectivity index (χ1v) is 6.50. The molecule has 0 radical (unpaired) electrons. The molecule has 0 saturated carbocycles. The van der Waals surface area contributed by atoms with Crippen molar-refractivity contribution in [2.75, 3.05) is 38.2 Å². The van der Waals surface area contributed by atoms with Gasteiger partial charge in [-0.05, 0) is 32.2 Å². The van der Waals surface area contributed by atoms with Crippen molar-refractivity contribution in [3.63, 3.8) is 0 Å². The fraction of sp³-hybridized carbons (Fsp3) is 0.900. The van der Waals surface area contributed by atoms with Crippen LogP contribution in [0.5, 0.6) is 0 Å². The molecular weight excluding hydrogens is 232 g/mol. The standard InChI is InChI=1S/C10H20N2OS.ClH/c1-11-5-2-4-10(13)12-6-3-8-14-9-7-12;/h11H,2-9H2,1H3;1H. The Labute approximate surface area is 103 Å². The molecule has 90 valence electrons. The number of halogens is 1. The summed E-state index contributed by atoms with van der Waals surface area (Å²) in [6.07, 6.45) is 2.81. The van der Waals surface area contributed by atoms with Crippen LogP contribution in [0.1, 0.15) is 19.3 Å². The summed E-state index contributed by atoms with van der Waals surface area (Å²) < 4.78 is 0. The molecule has 0 aliphatic carbocycles. The Kier molecular flexibility index (Phi) is 9.35. The Morgan fingerprint density at radius 3 is 2.93 bits per heavy atom. The lowest BCUT2D eigenvalue weighted by atomic mass is 10.2. The van der Waals surface area contributed by atoms with Crippen molar-refractivity contribution in [2.24, 2.45) is 0 Å². The van der Waals surface area contributed by atoms with Crippen LogP contribution in [0.25, 0.3) is 0 Å². The summed E-state index contributed by atoms with van der Waals surface area (Å²) in [7, 11) is 1.92. The maximum atomic E-state index is 11.7. The molecule has 1 aliphatic heterocycles. The molecule has 0 aromatic carbocycles. The molecule has 0 aromatic heterocycles. The predicted octanol–water partition coefficient (Wildman–Crippen LogP) is 1.37. The highest BCUT2D eigenvalue weighted by atomic mass is 35.5. The van der Waals surface area contributed by atoms with E-state index in [2.05, 4.69) is 5.32 Å². The third-order valence-corrected chi connectivity index (χ3v) is 3.44. The Bertz CT molecular complexity index is 173. The Morgan fingerprint density at radius 2 is 2.20 bits per heavy atom. The van der Waals surface area contributed by atoms with E-state index in [1.54, 1.807) is 0 Å². The van der Waals surface area contributed by atoms with Gasteiger partial charge in [-0.1, -0.05) is 0 Å². The van der Waals surface area contributed by atoms with Crippen LogP contribution in [-0.2, 0) is 4.79 Å². The summed E-state index contributed by atoms with van der Waals surface area (Å²) in [6, 6.07) is 0. The number of rotatable bonds is 4. The van der Waals surface area contributed by atoms with Crippen molar-refractivity contribution >= 4 is 30.1 Å². The molecule has 0 aromatic rings. The van der Waals surface area contributed by atoms with Crippen LogP contribution in [-0.4, -0.2) is 49.0 Å². The second-order valence-corrected chi connectivity index (χ2v) is 4.78. The van der Waals surface area contributed by atoms with Crippen LogP contribution in [0.4, 0.5) is 0 Å². The summed E-state index contributed by atoms with van der Waals surface area (Å²) in [5.74, 6) is 2.65. The first-order valence-electron chi connectivity index (χ1n) is 5.34. The minimum atomic E-state index is 0. The molecule has 0 atom stereocenters. The second kappa shape index (κ2) is 9.31. The number of carbonyl (C=O) groups is 1. The lowest BCUT2D eigenvalue weighted by Gasteiger charge is -2.19. The number of amides is 1. The van der Waals surface area contributed by atoms with Gasteiger partial charge in [-0.3, -0.25) is 4.79 Å². The summed E-state index contributed by atoms with van der Waals surface area (Å²) in [5, 5.41) is 3.06. The van der Waals surface area contributed by atoms with Crippen molar-refractivity contribution in [2.45, 2.75) is 19.3 Å². The highest BCUT2D eigenvalue weighted by Crippen LogP contribution is 2.11. The first kappa shape index (κ1) is 15.1. The van der Waals surface area contributed by atoms with E-state index in [1.807, 2.05) is 23.7 Å². The van der Waals surface area contributed by atoms with Crippen molar-refractivity contribution in [3.8, 4) is 0 Å². The SMILES string of the molecule is CNCCCC(=O)N1CCCSCC1.Cl. The molecule has 3 nitrogen and oxygen atoms in total. The van der Waals surface area contributed by atoms with E-state index in [0.717, 1.165) is 38.2 Å². The van der Waals surface area contributed by atoms with Crippen molar-refractivity contribution < 1.29 is 4.79 Å². The van der Waals surface area contributed by atoms with Gasteiger partial charge in [0.05, 0.1) is 0 Å². The smallest absolute Gasteiger partial charge is 0.222 e. The van der Waals surface area contributed by atoms with Gasteiger partial charge < -0.3 is 10.2 Å². The zero-order valence-corrected chi connectivity index (χ0v) is 11.0. The number of hydrogen-bond acceptors (Lipinski definition) is 3. The summed E-state index contributed by atoms with van der Waals surface area (Å²) in [6.45, 7) is 2.85. The topological polar surface area (TPSA) is 32.3 Å². The molecule has 0 unspecified atom stereocenters. The third kappa shape index (κ3) is 6.28. The van der Waals surface area contributed by atoms with E-state index in [9.17, 15) is 4.79 Å². The molecule has 1 fully saturated rings. The number of thioether (sulfide) groups is 1. The van der Waals surface area contributed by atoms with Gasteiger partial charge in [0.1, 0.15) is 0 Å². The van der Waals surface area contributed by atoms with Gasteiger partial charge in [0.2, 0.25) is 5.91 Å². The number of carbonyl (C=O) groups excluding carboxylic acids is 1. The van der Waals surface area contributed by atoms with E-state index < -0.39 is 0 Å². The molecule has 1 amide bonds. The average Bonchev–Trinajstić information content (AvgIpc) is 2.46. The lowest BCUT2D eigenvalue weighted by molar-refractivity contribution is -0.131. The van der Waals surface area contributed by atoms with E-state index >= 15 is 0 Å². The first-order chi connectivity index (χ1) is 6.84. The van der Waals surface area contributed by atoms with Gasteiger partial charge in [0.15, 0.2) is 0 Å². The fourth-order valence-electron chi connectivity index (χ4n) is 1.57. The Balaban J connectivity index is 0.00000196. The molecule has 0 bridgehead atoms. The third-order valence-electron chi connectivity index (χ3n) is 2.39. The predicted molar refractivity (Wildman–Crippen MR) is 68.9 cm³/mol. The van der Waals surface area contributed by atoms with Crippen molar-refractivity contribution in [1.29, 1.82) is 0 Å². The lowest BCUT2D eigenvalue weighted by Crippen LogP contribution is -2.33. The van der Waals surface area contributed by atoms with Crippen molar-refractivity contribution in [3.05, 3.63) is 0 Å². The molecule has 1 heterocycles. The van der Waals surface area contributed by atoms with Gasteiger partial charge >= 0.3 is 0 Å². The summed E-state index contributed by atoms with van der Waals surface area (Å²) in [5.41, 5.74) is 0. The maximum absolute atomic E-state index is 11.7. The number of nitrogens with zero attached hydrogens (tertiary/aromatic N) is 1. The molecule has 1 aliphatic rings. The average molecular weight is 253 g/mol. The maximum Gasteiger partial charge on any atom is 0.222 e. The number of hydrogen-bond donors (Lipinski definition) is 1. The van der Waals surface area contributed by atoms with Gasteiger partial charge in [-0.15, -0.1) is 12.4 Å². The quantitative estimate of drug-likeness (QED) is 0.768. The van der Waals surface area contributed by atoms with E-state index in [0.29, 0.717) is 12.3 Å². The minimum Gasteiger partial charge on any atom is -0.342 e. The second-order valence-electron chi connectivity index (χ2n) is 3.55. The highest BCUT2D eigenvalue weighted by Gasteiger charge is 2.14. The van der Waals surface area contributed by atoms with E-state index in [1.165, 1.54) is 5.75 Å². The molecule has 1 rings (SSSR count). The van der Waals surface area contributed by atoms with Gasteiger partial charge in [0, 0.05) is 25.3 Å². The van der Waals surface area contributed by atoms with E-state index in [4.69, 9.17) is 0 Å². The Hall–Kier alpha value is 0.0700. The summed E-state index contributed by atoms with van der Waals surface area (Å²) in [4.78, 5) is 13.7. The monoisotopic (exact) mass is 252 g/mol. The zero-order chi connectivity index (χ0) is 10.2. The van der Waals surface area contributed by atoms with Gasteiger partial charge in [-0.2, -0.15) is 11.8 Å². The van der Waals surface area contributed by atoms with Crippen LogP contribution in [0, 0.1) is 0 Å². The molecule has 1 N–H and O–H groups in total. The zero-order valence-electron chi connectivity index (χ0n) is 9.33. The van der Waals surface area contributed by atoms with Crippen LogP contribution in [0.15, 0.2) is 0 Å². The van der Waals surface area contributed by atoms with E-state index in [-0.39, 0.29) is 12.4 Å². The minimum absolute atomic E-state index is 0. The molecule has 15 heavy (non-hydrogen) atoms. The highest BCUT2D eigenvalue weighted by molar-refractivity contribution is 7.99. The fourth-order valence-corrected chi connectivity index (χ4v) is 2.46. The van der Waals surface area contributed by atoms with Gasteiger partial charge in [0.25, 0.3) is 0 Å². The van der Waals surface area contributed by atoms with Crippen molar-refractivity contribution in [1.82, 2.24) is 10.2 Å². The van der Waals surface area contributed by atoms with Crippen LogP contribution in [0.3, 0.4) is 0 Å². The molecule has 0 spiro atoms. The summed E-state index contributed by atoms with van der Waals surface area (Å²) >= 11 is 1.96. The number of nitrogens with one attached hydrogen (secondary N) is 1. The molecular formula is C10H21ClN2OS. The Morgan fingerprint density at radius 1 is 1.40 bits per heavy atom. The van der Waals surface area contributed by atoms with Gasteiger partial charge in [-0.25, -0.2) is 0 Å². The van der Waals surface area contributed by atoms with Crippen LogP contribution >= 0.6 is 24.2 Å². The normalized spacial score (nSPS) is 16.7.